The molecule has 3 heterocycles. The minimum absolute atomic E-state index is 0.0602. The van der Waals surface area contributed by atoms with Crippen molar-refractivity contribution in [3.05, 3.63) is 75.6 Å². The summed E-state index contributed by atoms with van der Waals surface area (Å²) in [6, 6.07) is 7.11. The maximum absolute atomic E-state index is 14.6. The lowest BCUT2D eigenvalue weighted by Crippen LogP contribution is -2.43. The van der Waals surface area contributed by atoms with Crippen LogP contribution in [-0.4, -0.2) is 57.4 Å². The number of nitrogens with zero attached hydrogens (tertiary/aromatic N) is 4. The van der Waals surface area contributed by atoms with Gasteiger partial charge in [0.2, 0.25) is 11.7 Å². The average molecular weight is 644 g/mol. The van der Waals surface area contributed by atoms with E-state index in [1.165, 1.54) is 66.6 Å². The molecule has 0 saturated carbocycles. The first-order valence-corrected chi connectivity index (χ1v) is 14.7. The molecule has 1 aliphatic rings. The van der Waals surface area contributed by atoms with Gasteiger partial charge in [0.05, 0.1) is 36.1 Å². The number of methoxy groups -OCH3 is 1. The Morgan fingerprint density at radius 3 is 2.52 bits per heavy atom. The Kier molecular flexibility index (Phi) is 9.11. The molecule has 1 aliphatic heterocycles. The van der Waals surface area contributed by atoms with Gasteiger partial charge in [0.1, 0.15) is 0 Å². The van der Waals surface area contributed by atoms with Gasteiger partial charge >= 0.3 is 0 Å². The molecule has 0 radical (unpaired) electrons. The molecule has 0 spiro atoms. The van der Waals surface area contributed by atoms with Gasteiger partial charge in [0.25, 0.3) is 11.8 Å². The van der Waals surface area contributed by atoms with Crippen LogP contribution < -0.4 is 21.1 Å². The molecule has 1 fully saturated rings. The summed E-state index contributed by atoms with van der Waals surface area (Å²) in [7, 11) is 2.73. The first-order chi connectivity index (χ1) is 21.1. The lowest BCUT2D eigenvalue weighted by Gasteiger charge is -2.31. The summed E-state index contributed by atoms with van der Waals surface area (Å²) < 4.78 is 35.0. The van der Waals surface area contributed by atoms with Crippen LogP contribution in [-0.2, 0) is 18.4 Å². The van der Waals surface area contributed by atoms with Gasteiger partial charge in [0.15, 0.2) is 22.5 Å². The number of carbonyl (C=O) groups is 3. The number of anilines is 2. The highest BCUT2D eigenvalue weighted by Gasteiger charge is 2.29. The number of hydrogen-bond acceptors (Lipinski definition) is 8. The number of thiazole rings is 1. The number of hydrogen-bond donors (Lipinski definition) is 3. The maximum atomic E-state index is 14.6. The highest BCUT2D eigenvalue weighted by atomic mass is 35.5. The summed E-state index contributed by atoms with van der Waals surface area (Å²) in [4.78, 5) is 49.3. The van der Waals surface area contributed by atoms with Crippen molar-refractivity contribution in [2.45, 2.75) is 19.4 Å². The number of piperidine rings is 1. The molecule has 0 unspecified atom stereocenters. The van der Waals surface area contributed by atoms with E-state index in [-0.39, 0.29) is 51.1 Å². The Morgan fingerprint density at radius 1 is 1.11 bits per heavy atom. The van der Waals surface area contributed by atoms with E-state index in [1.54, 1.807) is 11.1 Å². The van der Waals surface area contributed by atoms with Gasteiger partial charge in [-0.3, -0.25) is 14.4 Å². The fourth-order valence-electron chi connectivity index (χ4n) is 4.95. The predicted octanol–water partition coefficient (Wildman–Crippen LogP) is 4.49. The van der Waals surface area contributed by atoms with Gasteiger partial charge in [-0.05, 0) is 43.2 Å². The second-order valence-corrected chi connectivity index (χ2v) is 11.6. The zero-order chi connectivity index (χ0) is 31.5. The number of nitrogen functional groups attached to an aromatic ring is 1. The lowest BCUT2D eigenvalue weighted by molar-refractivity contribution is -0.126. The van der Waals surface area contributed by atoms with E-state index < -0.39 is 17.5 Å². The Morgan fingerprint density at radius 2 is 1.86 bits per heavy atom. The molecule has 5 rings (SSSR count). The fraction of sp³-hybridized carbons (Fsp3) is 0.276. The third kappa shape index (κ3) is 6.36. The third-order valence-corrected chi connectivity index (χ3v) is 8.49. The van der Waals surface area contributed by atoms with Crippen LogP contribution in [0.4, 0.5) is 19.6 Å². The standard InChI is InChI=1S/C29H28ClF2N7O4S/c1-38-21(19-5-6-22(43-2)24(32)23(19)31)14-34-25(38)27(41)37-16-3-4-18(20(30)11-16)28(42)39-9-7-15(8-10-39)26(40)35-12-17-13-36-29(33)44-17/h3-6,11,13-15H,7-10,12H2,1-2H3,(H2,33,36)(H,35,40)(H,37,41). The summed E-state index contributed by atoms with van der Waals surface area (Å²) in [5.74, 6) is -3.78. The zero-order valence-corrected chi connectivity index (χ0v) is 25.3. The summed E-state index contributed by atoms with van der Waals surface area (Å²) in [5, 5.41) is 6.14. The number of imidazole rings is 1. The highest BCUT2D eigenvalue weighted by Crippen LogP contribution is 2.30. The third-order valence-electron chi connectivity index (χ3n) is 7.35. The van der Waals surface area contributed by atoms with Crippen molar-refractivity contribution in [3.8, 4) is 17.0 Å². The smallest absolute Gasteiger partial charge is 0.291 e. The molecule has 44 heavy (non-hydrogen) atoms. The number of carbonyl (C=O) groups excluding carboxylic acids is 3. The molecule has 1 saturated heterocycles. The van der Waals surface area contributed by atoms with Crippen LogP contribution in [0.15, 0.2) is 42.7 Å². The van der Waals surface area contributed by atoms with E-state index in [2.05, 4.69) is 20.6 Å². The number of ether oxygens (including phenoxy) is 1. The quantitative estimate of drug-likeness (QED) is 0.257. The molecule has 15 heteroatoms. The molecule has 230 valence electrons. The minimum atomic E-state index is -1.15. The van der Waals surface area contributed by atoms with E-state index >= 15 is 0 Å². The summed E-state index contributed by atoms with van der Waals surface area (Å²) >= 11 is 7.76. The molecular formula is C29H28ClF2N7O4S. The van der Waals surface area contributed by atoms with Crippen molar-refractivity contribution in [1.29, 1.82) is 0 Å². The van der Waals surface area contributed by atoms with Crippen molar-refractivity contribution in [2.24, 2.45) is 13.0 Å². The molecule has 11 nitrogen and oxygen atoms in total. The number of amides is 3. The predicted molar refractivity (Wildman–Crippen MR) is 162 cm³/mol. The Labute approximate surface area is 260 Å². The second-order valence-electron chi connectivity index (χ2n) is 10.1. The van der Waals surface area contributed by atoms with E-state index in [0.29, 0.717) is 43.3 Å². The molecule has 3 amide bonds. The minimum Gasteiger partial charge on any atom is -0.494 e. The zero-order valence-electron chi connectivity index (χ0n) is 23.7. The van der Waals surface area contributed by atoms with Gasteiger partial charge in [-0.1, -0.05) is 11.6 Å². The first kappa shape index (κ1) is 30.9. The number of aromatic nitrogens is 3. The van der Waals surface area contributed by atoms with Crippen LogP contribution in [0, 0.1) is 17.6 Å². The molecule has 0 bridgehead atoms. The number of likely N-dealkylation sites (tertiary alicyclic amines) is 1. The van der Waals surface area contributed by atoms with Gasteiger partial charge in [-0.15, -0.1) is 11.3 Å². The van der Waals surface area contributed by atoms with Crippen molar-refractivity contribution >= 4 is 51.5 Å². The van der Waals surface area contributed by atoms with E-state index in [1.807, 2.05) is 0 Å². The molecule has 0 aliphatic carbocycles. The molecule has 4 N–H and O–H groups in total. The van der Waals surface area contributed by atoms with Crippen molar-refractivity contribution in [2.75, 3.05) is 31.2 Å². The van der Waals surface area contributed by atoms with Crippen LogP contribution in [0.1, 0.15) is 38.7 Å². The number of nitrogens with two attached hydrogens (primary N) is 1. The summed E-state index contributed by atoms with van der Waals surface area (Å²) in [5.41, 5.74) is 6.28. The van der Waals surface area contributed by atoms with Gasteiger partial charge < -0.3 is 30.6 Å². The highest BCUT2D eigenvalue weighted by molar-refractivity contribution is 7.15. The Hall–Kier alpha value is -4.56. The summed E-state index contributed by atoms with van der Waals surface area (Å²) in [6.45, 7) is 1.13. The van der Waals surface area contributed by atoms with Crippen molar-refractivity contribution in [1.82, 2.24) is 24.8 Å². The molecular weight excluding hydrogens is 616 g/mol. The van der Waals surface area contributed by atoms with Gasteiger partial charge in [-0.2, -0.15) is 4.39 Å². The molecule has 4 aromatic rings. The van der Waals surface area contributed by atoms with Crippen LogP contribution >= 0.6 is 22.9 Å². The fourth-order valence-corrected chi connectivity index (χ4v) is 5.83. The number of halogens is 3. The van der Waals surface area contributed by atoms with Crippen LogP contribution in [0.2, 0.25) is 5.02 Å². The van der Waals surface area contributed by atoms with Crippen LogP contribution in [0.5, 0.6) is 5.75 Å². The van der Waals surface area contributed by atoms with Crippen molar-refractivity contribution in [3.63, 3.8) is 0 Å². The molecule has 2 aromatic heterocycles. The largest absolute Gasteiger partial charge is 0.494 e. The first-order valence-electron chi connectivity index (χ1n) is 13.5. The number of nitrogens with one attached hydrogen (secondary N) is 2. The number of benzene rings is 2. The van der Waals surface area contributed by atoms with Crippen molar-refractivity contribution < 1.29 is 27.9 Å². The van der Waals surface area contributed by atoms with E-state index in [9.17, 15) is 23.2 Å². The second kappa shape index (κ2) is 13.0. The average Bonchev–Trinajstić information content (AvgIpc) is 3.61. The number of rotatable bonds is 8. The maximum Gasteiger partial charge on any atom is 0.291 e. The Bertz CT molecular complexity index is 1740. The lowest BCUT2D eigenvalue weighted by atomic mass is 9.95. The summed E-state index contributed by atoms with van der Waals surface area (Å²) in [6.07, 6.45) is 3.91. The topological polar surface area (TPSA) is 144 Å². The van der Waals surface area contributed by atoms with Gasteiger partial charge in [0, 0.05) is 48.4 Å². The van der Waals surface area contributed by atoms with Crippen LogP contribution in [0.25, 0.3) is 11.3 Å². The van der Waals surface area contributed by atoms with E-state index in [4.69, 9.17) is 22.1 Å². The molecule has 2 aromatic carbocycles. The monoisotopic (exact) mass is 643 g/mol. The normalized spacial score (nSPS) is 13.5. The molecule has 0 atom stereocenters. The van der Waals surface area contributed by atoms with E-state index in [0.717, 1.165) is 4.88 Å². The SMILES string of the molecule is COc1ccc(-c2cnc(C(=O)Nc3ccc(C(=O)N4CCC(C(=O)NCc5cnc(N)s5)CC4)c(Cl)c3)n2C)c(F)c1F. The van der Waals surface area contributed by atoms with Gasteiger partial charge in [-0.25, -0.2) is 14.4 Å². The Balaban J connectivity index is 1.19. The van der Waals surface area contributed by atoms with Crippen LogP contribution in [0.3, 0.4) is 0 Å².